The van der Waals surface area contributed by atoms with Crippen molar-refractivity contribution in [3.8, 4) is 0 Å². The van der Waals surface area contributed by atoms with Crippen LogP contribution in [0.2, 0.25) is 0 Å². The molecule has 0 fully saturated rings. The minimum Gasteiger partial charge on any atom is -0.468 e. The summed E-state index contributed by atoms with van der Waals surface area (Å²) in [7, 11) is 1.24. The first-order chi connectivity index (χ1) is 9.97. The maximum absolute atomic E-state index is 12.2. The Balaban J connectivity index is 2.72. The molecule has 0 bridgehead atoms. The van der Waals surface area contributed by atoms with E-state index >= 15 is 0 Å². The minimum atomic E-state index is -2.50. The number of halogens is 2. The summed E-state index contributed by atoms with van der Waals surface area (Å²) >= 11 is 0.416. The zero-order chi connectivity index (χ0) is 15.8. The Kier molecular flexibility index (Phi) is 7.21. The maximum atomic E-state index is 12.2. The molecular weight excluding hydrogens is 304 g/mol. The molecular formula is C13H17F2NO4S. The highest BCUT2D eigenvalue weighted by molar-refractivity contribution is 7.98. The van der Waals surface area contributed by atoms with E-state index in [0.717, 1.165) is 0 Å². The Bertz CT molecular complexity index is 478. The number of ether oxygens (including phenoxy) is 1. The van der Waals surface area contributed by atoms with Crippen molar-refractivity contribution in [3.63, 3.8) is 0 Å². The van der Waals surface area contributed by atoms with Crippen LogP contribution in [0.25, 0.3) is 0 Å². The molecule has 1 heterocycles. The number of nitrogens with zero attached hydrogens (tertiary/aromatic N) is 1. The van der Waals surface area contributed by atoms with Gasteiger partial charge in [0.15, 0.2) is 5.76 Å². The first-order valence-corrected chi connectivity index (χ1v) is 7.37. The molecule has 0 aliphatic carbocycles. The number of carbonyl (C=O) groups excluding carboxylic acids is 2. The van der Waals surface area contributed by atoms with Crippen LogP contribution in [0, 0.1) is 0 Å². The largest absolute Gasteiger partial charge is 0.468 e. The monoisotopic (exact) mass is 321 g/mol. The smallest absolute Gasteiger partial charge is 0.325 e. The van der Waals surface area contributed by atoms with Gasteiger partial charge in [-0.25, -0.2) is 0 Å². The van der Waals surface area contributed by atoms with Gasteiger partial charge in [-0.05, 0) is 18.6 Å². The molecule has 0 aromatic carbocycles. The van der Waals surface area contributed by atoms with E-state index in [1.165, 1.54) is 24.1 Å². The van der Waals surface area contributed by atoms with Gasteiger partial charge in [0.2, 0.25) is 0 Å². The highest BCUT2D eigenvalue weighted by Gasteiger charge is 2.21. The zero-order valence-electron chi connectivity index (χ0n) is 11.8. The van der Waals surface area contributed by atoms with Gasteiger partial charge in [0.05, 0.1) is 12.9 Å². The molecule has 0 radical (unpaired) electrons. The highest BCUT2D eigenvalue weighted by Crippen LogP contribution is 2.21. The quantitative estimate of drug-likeness (QED) is 0.689. The van der Waals surface area contributed by atoms with Crippen LogP contribution in [-0.4, -0.2) is 42.7 Å². The van der Waals surface area contributed by atoms with E-state index < -0.39 is 17.6 Å². The van der Waals surface area contributed by atoms with Gasteiger partial charge in [-0.3, -0.25) is 9.59 Å². The summed E-state index contributed by atoms with van der Waals surface area (Å²) in [5, 5.41) is 0. The number of furan rings is 1. The second-order valence-corrected chi connectivity index (χ2v) is 5.12. The normalized spacial score (nSPS) is 10.7. The van der Waals surface area contributed by atoms with Crippen molar-refractivity contribution in [2.45, 2.75) is 24.9 Å². The second-order valence-electron chi connectivity index (χ2n) is 4.14. The predicted octanol–water partition coefficient (Wildman–Crippen LogP) is 2.76. The predicted molar refractivity (Wildman–Crippen MR) is 74.2 cm³/mol. The molecule has 0 aliphatic heterocycles. The van der Waals surface area contributed by atoms with Crippen LogP contribution in [0.15, 0.2) is 16.5 Å². The van der Waals surface area contributed by atoms with Gasteiger partial charge < -0.3 is 14.1 Å². The second kappa shape index (κ2) is 8.66. The minimum absolute atomic E-state index is 0.0181. The Morgan fingerprint density at radius 2 is 2.14 bits per heavy atom. The maximum Gasteiger partial charge on any atom is 0.325 e. The molecule has 0 N–H and O–H groups in total. The number of carbonyl (C=O) groups is 2. The zero-order valence-corrected chi connectivity index (χ0v) is 12.6. The lowest BCUT2D eigenvalue weighted by Gasteiger charge is -2.19. The van der Waals surface area contributed by atoms with Crippen molar-refractivity contribution in [2.24, 2.45) is 0 Å². The number of esters is 1. The van der Waals surface area contributed by atoms with E-state index in [9.17, 15) is 18.4 Å². The third-order valence-corrected chi connectivity index (χ3v) is 3.26. The van der Waals surface area contributed by atoms with E-state index in [1.807, 2.05) is 6.92 Å². The van der Waals surface area contributed by atoms with Gasteiger partial charge in [-0.15, -0.1) is 0 Å². The molecule has 0 spiro atoms. The summed E-state index contributed by atoms with van der Waals surface area (Å²) in [5.41, 5.74) is 0. The van der Waals surface area contributed by atoms with Crippen LogP contribution < -0.4 is 0 Å². The third kappa shape index (κ3) is 5.74. The fourth-order valence-corrected chi connectivity index (χ4v) is 2.06. The molecule has 1 aromatic rings. The lowest BCUT2D eigenvalue weighted by atomic mass is 10.3. The molecule has 1 aromatic heterocycles. The summed E-state index contributed by atoms with van der Waals surface area (Å²) < 4.78 is 34.0. The molecule has 1 amide bonds. The lowest BCUT2D eigenvalue weighted by Crippen LogP contribution is -2.36. The molecule has 21 heavy (non-hydrogen) atoms. The third-order valence-electron chi connectivity index (χ3n) is 2.55. The number of amides is 1. The standard InChI is InChI=1S/C13H17F2NO4S/c1-3-6-16(7-11(17)19-2)12(18)10-5-4-9(20-10)8-21-13(14)15/h4-5,13H,3,6-8H2,1-2H3. The molecule has 0 atom stereocenters. The van der Waals surface area contributed by atoms with Crippen molar-refractivity contribution < 1.29 is 27.5 Å². The van der Waals surface area contributed by atoms with Gasteiger partial charge in [0.25, 0.3) is 11.7 Å². The van der Waals surface area contributed by atoms with Crippen molar-refractivity contribution in [2.75, 3.05) is 20.2 Å². The van der Waals surface area contributed by atoms with Gasteiger partial charge in [-0.2, -0.15) is 8.78 Å². The fraction of sp³-hybridized carbons (Fsp3) is 0.538. The number of hydrogen-bond acceptors (Lipinski definition) is 5. The fourth-order valence-electron chi connectivity index (χ4n) is 1.61. The molecule has 0 saturated heterocycles. The first kappa shape index (κ1) is 17.5. The molecule has 0 unspecified atom stereocenters. The van der Waals surface area contributed by atoms with Crippen LogP contribution in [-0.2, 0) is 15.3 Å². The van der Waals surface area contributed by atoms with E-state index in [2.05, 4.69) is 4.74 Å². The summed E-state index contributed by atoms with van der Waals surface area (Å²) in [6.45, 7) is 2.06. The van der Waals surface area contributed by atoms with Crippen molar-refractivity contribution in [1.29, 1.82) is 0 Å². The van der Waals surface area contributed by atoms with Gasteiger partial charge >= 0.3 is 5.97 Å². The van der Waals surface area contributed by atoms with Gasteiger partial charge in [-0.1, -0.05) is 18.7 Å². The Hall–Kier alpha value is -1.57. The average Bonchev–Trinajstić information content (AvgIpc) is 2.92. The van der Waals surface area contributed by atoms with E-state index in [0.29, 0.717) is 24.7 Å². The van der Waals surface area contributed by atoms with Crippen molar-refractivity contribution in [3.05, 3.63) is 23.7 Å². The van der Waals surface area contributed by atoms with E-state index in [1.54, 1.807) is 0 Å². The topological polar surface area (TPSA) is 59.8 Å². The Labute approximate surface area is 125 Å². The molecule has 5 nitrogen and oxygen atoms in total. The number of thioether (sulfide) groups is 1. The van der Waals surface area contributed by atoms with Crippen LogP contribution >= 0.6 is 11.8 Å². The van der Waals surface area contributed by atoms with E-state index in [-0.39, 0.29) is 23.8 Å². The van der Waals surface area contributed by atoms with E-state index in [4.69, 9.17) is 4.42 Å². The van der Waals surface area contributed by atoms with Crippen LogP contribution in [0.4, 0.5) is 8.78 Å². The van der Waals surface area contributed by atoms with Crippen LogP contribution in [0.3, 0.4) is 0 Å². The summed E-state index contributed by atoms with van der Waals surface area (Å²) in [6, 6.07) is 2.90. The Morgan fingerprint density at radius 1 is 1.43 bits per heavy atom. The van der Waals surface area contributed by atoms with Crippen molar-refractivity contribution in [1.82, 2.24) is 4.90 Å². The number of rotatable bonds is 8. The number of alkyl halides is 2. The number of methoxy groups -OCH3 is 1. The van der Waals surface area contributed by atoms with Crippen molar-refractivity contribution >= 4 is 23.6 Å². The molecule has 8 heteroatoms. The van der Waals surface area contributed by atoms with Gasteiger partial charge in [0.1, 0.15) is 12.3 Å². The SMILES string of the molecule is CCCN(CC(=O)OC)C(=O)c1ccc(CSC(F)F)o1. The highest BCUT2D eigenvalue weighted by atomic mass is 32.2. The molecule has 0 saturated carbocycles. The molecule has 118 valence electrons. The average molecular weight is 321 g/mol. The lowest BCUT2D eigenvalue weighted by molar-refractivity contribution is -0.141. The first-order valence-electron chi connectivity index (χ1n) is 6.32. The summed E-state index contributed by atoms with van der Waals surface area (Å²) in [5.74, 6) is -3.19. The molecule has 1 rings (SSSR count). The van der Waals surface area contributed by atoms with Crippen LogP contribution in [0.5, 0.6) is 0 Å². The number of hydrogen-bond donors (Lipinski definition) is 0. The van der Waals surface area contributed by atoms with Crippen LogP contribution in [0.1, 0.15) is 29.7 Å². The Morgan fingerprint density at radius 3 is 2.71 bits per heavy atom. The molecule has 0 aliphatic rings. The van der Waals surface area contributed by atoms with Gasteiger partial charge in [0, 0.05) is 6.54 Å². The summed E-state index contributed by atoms with van der Waals surface area (Å²) in [6.07, 6.45) is 0.664. The summed E-state index contributed by atoms with van der Waals surface area (Å²) in [4.78, 5) is 24.8.